The molecule has 0 spiro atoms. The first-order chi connectivity index (χ1) is 7.58. The van der Waals surface area contributed by atoms with Crippen molar-refractivity contribution in [2.75, 3.05) is 13.1 Å². The van der Waals surface area contributed by atoms with E-state index in [-0.39, 0.29) is 17.6 Å². The van der Waals surface area contributed by atoms with E-state index in [1.165, 1.54) is 12.1 Å². The fraction of sp³-hybridized carbons (Fsp3) is 0.462. The Morgan fingerprint density at radius 2 is 2.00 bits per heavy atom. The normalized spacial score (nSPS) is 15.1. The second-order valence-electron chi connectivity index (χ2n) is 4.57. The maximum absolute atomic E-state index is 13.4. The SMILES string of the molecule is CC(C)c1cc(F)cc(C(=O)N2CCC2)c1. The number of hydrogen-bond donors (Lipinski definition) is 0. The third-order valence-corrected chi connectivity index (χ3v) is 2.98. The minimum absolute atomic E-state index is 0.0485. The quantitative estimate of drug-likeness (QED) is 0.752. The van der Waals surface area contributed by atoms with E-state index >= 15 is 0 Å². The number of rotatable bonds is 2. The predicted molar refractivity (Wildman–Crippen MR) is 61.0 cm³/mol. The third-order valence-electron chi connectivity index (χ3n) is 2.98. The van der Waals surface area contributed by atoms with E-state index in [0.717, 1.165) is 25.1 Å². The fourth-order valence-corrected chi connectivity index (χ4v) is 1.77. The smallest absolute Gasteiger partial charge is 0.253 e. The van der Waals surface area contributed by atoms with Crippen LogP contribution >= 0.6 is 0 Å². The average molecular weight is 221 g/mol. The van der Waals surface area contributed by atoms with Gasteiger partial charge in [0.15, 0.2) is 0 Å². The molecule has 3 heteroatoms. The second kappa shape index (κ2) is 4.24. The van der Waals surface area contributed by atoms with Crippen LogP contribution in [0.2, 0.25) is 0 Å². The fourth-order valence-electron chi connectivity index (χ4n) is 1.77. The van der Waals surface area contributed by atoms with Gasteiger partial charge in [-0.2, -0.15) is 0 Å². The van der Waals surface area contributed by atoms with Gasteiger partial charge in [-0.3, -0.25) is 4.79 Å². The molecule has 86 valence electrons. The molecule has 1 aliphatic rings. The number of hydrogen-bond acceptors (Lipinski definition) is 1. The number of halogens is 1. The molecule has 1 aromatic rings. The second-order valence-corrected chi connectivity index (χ2v) is 4.57. The topological polar surface area (TPSA) is 20.3 Å². The molecular weight excluding hydrogens is 205 g/mol. The Hall–Kier alpha value is -1.38. The first-order valence-electron chi connectivity index (χ1n) is 5.67. The van der Waals surface area contributed by atoms with Gasteiger partial charge in [-0.25, -0.2) is 4.39 Å². The van der Waals surface area contributed by atoms with Gasteiger partial charge in [-0.1, -0.05) is 13.8 Å². The van der Waals surface area contributed by atoms with Crippen LogP contribution in [0, 0.1) is 5.82 Å². The highest BCUT2D eigenvalue weighted by Gasteiger charge is 2.22. The molecule has 2 rings (SSSR count). The highest BCUT2D eigenvalue weighted by molar-refractivity contribution is 5.94. The minimum atomic E-state index is -0.324. The molecular formula is C13H16FNO. The van der Waals surface area contributed by atoms with Crippen LogP contribution in [0.5, 0.6) is 0 Å². The van der Waals surface area contributed by atoms with Crippen LogP contribution in [0.25, 0.3) is 0 Å². The van der Waals surface area contributed by atoms with Crippen molar-refractivity contribution in [2.45, 2.75) is 26.2 Å². The number of likely N-dealkylation sites (tertiary alicyclic amines) is 1. The lowest BCUT2D eigenvalue weighted by molar-refractivity contribution is 0.0651. The van der Waals surface area contributed by atoms with Gasteiger partial charge < -0.3 is 4.90 Å². The summed E-state index contributed by atoms with van der Waals surface area (Å²) in [5.74, 6) is -0.138. The molecule has 1 saturated heterocycles. The molecule has 0 N–H and O–H groups in total. The van der Waals surface area contributed by atoms with Crippen molar-refractivity contribution < 1.29 is 9.18 Å². The summed E-state index contributed by atoms with van der Waals surface area (Å²) < 4.78 is 13.4. The number of nitrogens with zero attached hydrogens (tertiary/aromatic N) is 1. The van der Waals surface area contributed by atoms with Crippen molar-refractivity contribution in [3.8, 4) is 0 Å². The number of carbonyl (C=O) groups excluding carboxylic acids is 1. The van der Waals surface area contributed by atoms with E-state index in [2.05, 4.69) is 0 Å². The van der Waals surface area contributed by atoms with Crippen molar-refractivity contribution in [3.05, 3.63) is 35.1 Å². The standard InChI is InChI=1S/C13H16FNO/c1-9(2)10-6-11(8-12(14)7-10)13(16)15-4-3-5-15/h6-9H,3-5H2,1-2H3. The maximum Gasteiger partial charge on any atom is 0.253 e. The summed E-state index contributed by atoms with van der Waals surface area (Å²) >= 11 is 0. The Kier molecular flexibility index (Phi) is 2.95. The molecule has 2 nitrogen and oxygen atoms in total. The molecule has 1 fully saturated rings. The summed E-state index contributed by atoms with van der Waals surface area (Å²) in [6, 6.07) is 4.62. The average Bonchev–Trinajstić information content (AvgIpc) is 2.13. The molecule has 0 radical (unpaired) electrons. The van der Waals surface area contributed by atoms with Crippen molar-refractivity contribution in [2.24, 2.45) is 0 Å². The van der Waals surface area contributed by atoms with E-state index in [1.54, 1.807) is 11.0 Å². The molecule has 0 saturated carbocycles. The minimum Gasteiger partial charge on any atom is -0.339 e. The van der Waals surface area contributed by atoms with Gasteiger partial charge in [0.05, 0.1) is 0 Å². The van der Waals surface area contributed by atoms with Gasteiger partial charge in [-0.15, -0.1) is 0 Å². The highest BCUT2D eigenvalue weighted by atomic mass is 19.1. The Labute approximate surface area is 95.1 Å². The lowest BCUT2D eigenvalue weighted by Crippen LogP contribution is -2.42. The van der Waals surface area contributed by atoms with Crippen molar-refractivity contribution >= 4 is 5.91 Å². The third kappa shape index (κ3) is 2.08. The first-order valence-corrected chi connectivity index (χ1v) is 5.67. The van der Waals surface area contributed by atoms with Crippen molar-refractivity contribution in [3.63, 3.8) is 0 Å². The van der Waals surface area contributed by atoms with Crippen LogP contribution in [-0.2, 0) is 0 Å². The van der Waals surface area contributed by atoms with E-state index in [1.807, 2.05) is 13.8 Å². The van der Waals surface area contributed by atoms with Crippen LogP contribution in [0.3, 0.4) is 0 Å². The molecule has 1 aliphatic heterocycles. The van der Waals surface area contributed by atoms with E-state index in [9.17, 15) is 9.18 Å². The largest absolute Gasteiger partial charge is 0.339 e. The summed E-state index contributed by atoms with van der Waals surface area (Å²) in [6.45, 7) is 5.58. The van der Waals surface area contributed by atoms with E-state index in [0.29, 0.717) is 5.56 Å². The lowest BCUT2D eigenvalue weighted by Gasteiger charge is -2.31. The van der Waals surface area contributed by atoms with Gasteiger partial charge in [0.25, 0.3) is 5.91 Å². The summed E-state index contributed by atoms with van der Waals surface area (Å²) in [6.07, 6.45) is 1.05. The Morgan fingerprint density at radius 1 is 1.31 bits per heavy atom. The Bertz CT molecular complexity index is 410. The zero-order chi connectivity index (χ0) is 11.7. The molecule has 1 heterocycles. The molecule has 16 heavy (non-hydrogen) atoms. The van der Waals surface area contributed by atoms with Crippen LogP contribution in [0.15, 0.2) is 18.2 Å². The molecule has 1 aromatic carbocycles. The molecule has 0 aromatic heterocycles. The zero-order valence-corrected chi connectivity index (χ0v) is 9.66. The maximum atomic E-state index is 13.4. The van der Waals surface area contributed by atoms with Gasteiger partial charge in [0, 0.05) is 18.7 Å². The van der Waals surface area contributed by atoms with Crippen LogP contribution in [0.1, 0.15) is 42.1 Å². The summed E-state index contributed by atoms with van der Waals surface area (Å²) in [7, 11) is 0. The van der Waals surface area contributed by atoms with Crippen LogP contribution < -0.4 is 0 Å². The summed E-state index contributed by atoms with van der Waals surface area (Å²) in [5.41, 5.74) is 1.35. The zero-order valence-electron chi connectivity index (χ0n) is 9.66. The predicted octanol–water partition coefficient (Wildman–Crippen LogP) is 2.80. The van der Waals surface area contributed by atoms with Gasteiger partial charge in [0.1, 0.15) is 5.82 Å². The Morgan fingerprint density at radius 3 is 2.50 bits per heavy atom. The Balaban J connectivity index is 2.29. The molecule has 0 bridgehead atoms. The number of amides is 1. The molecule has 0 aliphatic carbocycles. The molecule has 0 atom stereocenters. The van der Waals surface area contributed by atoms with Gasteiger partial charge >= 0.3 is 0 Å². The van der Waals surface area contributed by atoms with Crippen LogP contribution in [0.4, 0.5) is 4.39 Å². The van der Waals surface area contributed by atoms with Crippen LogP contribution in [-0.4, -0.2) is 23.9 Å². The summed E-state index contributed by atoms with van der Waals surface area (Å²) in [4.78, 5) is 13.7. The molecule has 1 amide bonds. The van der Waals surface area contributed by atoms with Crippen molar-refractivity contribution in [1.82, 2.24) is 4.90 Å². The van der Waals surface area contributed by atoms with Gasteiger partial charge in [0.2, 0.25) is 0 Å². The lowest BCUT2D eigenvalue weighted by atomic mass is 9.99. The highest BCUT2D eigenvalue weighted by Crippen LogP contribution is 2.20. The van der Waals surface area contributed by atoms with Gasteiger partial charge in [-0.05, 0) is 36.1 Å². The first kappa shape index (κ1) is 11.1. The summed E-state index contributed by atoms with van der Waals surface area (Å²) in [5, 5.41) is 0. The molecule has 0 unspecified atom stereocenters. The number of benzene rings is 1. The van der Waals surface area contributed by atoms with E-state index < -0.39 is 0 Å². The number of carbonyl (C=O) groups is 1. The monoisotopic (exact) mass is 221 g/mol. The van der Waals surface area contributed by atoms with E-state index in [4.69, 9.17) is 0 Å². The van der Waals surface area contributed by atoms with Crippen molar-refractivity contribution in [1.29, 1.82) is 0 Å².